The Labute approximate surface area is 229 Å². The van der Waals surface area contributed by atoms with Crippen LogP contribution in [0.5, 0.6) is 0 Å². The van der Waals surface area contributed by atoms with Crippen LogP contribution in [-0.2, 0) is 0 Å². The van der Waals surface area contributed by atoms with Gasteiger partial charge < -0.3 is 8.83 Å². The Kier molecular flexibility index (Phi) is 4.36. The van der Waals surface area contributed by atoms with E-state index in [1.165, 1.54) is 38.2 Å². The van der Waals surface area contributed by atoms with Gasteiger partial charge in [-0.05, 0) is 50.9 Å². The van der Waals surface area contributed by atoms with E-state index in [1.807, 2.05) is 24.3 Å². The molecule has 0 spiro atoms. The van der Waals surface area contributed by atoms with Crippen LogP contribution >= 0.6 is 0 Å². The minimum absolute atomic E-state index is 0.857. The molecule has 0 radical (unpaired) electrons. The molecule has 0 amide bonds. The summed E-state index contributed by atoms with van der Waals surface area (Å²) in [7, 11) is 0. The van der Waals surface area contributed by atoms with Crippen LogP contribution in [0.1, 0.15) is 0 Å². The normalized spacial score (nSPS) is 12.0. The van der Waals surface area contributed by atoms with Gasteiger partial charge in [-0.25, -0.2) is 0 Å². The molecular weight excluding hydrogens is 488 g/mol. The van der Waals surface area contributed by atoms with Crippen LogP contribution in [0.4, 0.5) is 0 Å². The highest BCUT2D eigenvalue weighted by Gasteiger charge is 2.24. The molecule has 0 aliphatic heterocycles. The van der Waals surface area contributed by atoms with Gasteiger partial charge in [-0.1, -0.05) is 115 Å². The summed E-state index contributed by atoms with van der Waals surface area (Å²) in [6.07, 6.45) is 0. The number of benzene rings is 7. The molecule has 2 heterocycles. The largest absolute Gasteiger partial charge is 0.455 e. The maximum absolute atomic E-state index is 6.69. The summed E-state index contributed by atoms with van der Waals surface area (Å²) in [6.45, 7) is 0. The highest BCUT2D eigenvalue weighted by atomic mass is 16.3. The Hall–Kier alpha value is -5.34. The summed E-state index contributed by atoms with van der Waals surface area (Å²) in [5, 5.41) is 9.17. The van der Waals surface area contributed by atoms with Crippen molar-refractivity contribution in [2.24, 2.45) is 0 Å². The molecule has 40 heavy (non-hydrogen) atoms. The van der Waals surface area contributed by atoms with Gasteiger partial charge in [0, 0.05) is 27.3 Å². The van der Waals surface area contributed by atoms with E-state index in [0.29, 0.717) is 0 Å². The Morgan fingerprint density at radius 2 is 0.825 bits per heavy atom. The molecule has 9 aromatic rings. The molecule has 7 aromatic carbocycles. The van der Waals surface area contributed by atoms with Crippen LogP contribution in [-0.4, -0.2) is 0 Å². The van der Waals surface area contributed by atoms with Crippen LogP contribution in [0.2, 0.25) is 0 Å². The average molecular weight is 511 g/mol. The number of rotatable bonds is 2. The van der Waals surface area contributed by atoms with Gasteiger partial charge >= 0.3 is 0 Å². The average Bonchev–Trinajstić information content (AvgIpc) is 3.59. The van der Waals surface area contributed by atoms with Crippen LogP contribution in [0, 0.1) is 0 Å². The lowest BCUT2D eigenvalue weighted by atomic mass is 9.85. The van der Waals surface area contributed by atoms with Crippen molar-refractivity contribution in [1.82, 2.24) is 0 Å². The van der Waals surface area contributed by atoms with E-state index in [-0.39, 0.29) is 0 Å². The smallest absolute Gasteiger partial charge is 0.147 e. The first-order valence-electron chi connectivity index (χ1n) is 13.6. The van der Waals surface area contributed by atoms with Crippen molar-refractivity contribution in [2.45, 2.75) is 0 Å². The Morgan fingerprint density at radius 3 is 1.48 bits per heavy atom. The molecule has 2 heteroatoms. The zero-order valence-corrected chi connectivity index (χ0v) is 21.5. The van der Waals surface area contributed by atoms with Crippen molar-refractivity contribution >= 4 is 65.4 Å². The topological polar surface area (TPSA) is 26.3 Å². The van der Waals surface area contributed by atoms with E-state index in [1.54, 1.807) is 0 Å². The van der Waals surface area contributed by atoms with Crippen LogP contribution in [0.25, 0.3) is 87.7 Å². The first kappa shape index (κ1) is 21.6. The molecule has 186 valence electrons. The number of fused-ring (bicyclic) bond motifs is 9. The minimum Gasteiger partial charge on any atom is -0.455 e. The number of para-hydroxylation sites is 2. The standard InChI is InChI=1S/C38H22O2/c1-2-12-23(13-3-1)34-25-15-4-6-17-27(25)35(28-18-7-5-16-26(28)34)31-22-30-24-14-8-10-20-32(24)39-37(30)36-29-19-9-11-21-33(29)40-38(31)36/h1-22H. The highest BCUT2D eigenvalue weighted by molar-refractivity contribution is 6.29. The molecule has 0 saturated heterocycles. The second-order valence-electron chi connectivity index (χ2n) is 10.4. The van der Waals surface area contributed by atoms with Gasteiger partial charge in [0.25, 0.3) is 0 Å². The van der Waals surface area contributed by atoms with Crippen LogP contribution in [0.15, 0.2) is 142 Å². The second-order valence-corrected chi connectivity index (χ2v) is 10.4. The summed E-state index contributed by atoms with van der Waals surface area (Å²) in [5.41, 5.74) is 8.21. The van der Waals surface area contributed by atoms with Gasteiger partial charge in [0.05, 0.1) is 5.39 Å². The summed E-state index contributed by atoms with van der Waals surface area (Å²) in [5.74, 6) is 0. The van der Waals surface area contributed by atoms with Gasteiger partial charge in [0.2, 0.25) is 0 Å². The monoisotopic (exact) mass is 510 g/mol. The minimum atomic E-state index is 0.857. The van der Waals surface area contributed by atoms with Crippen molar-refractivity contribution < 1.29 is 8.83 Å². The fourth-order valence-corrected chi connectivity index (χ4v) is 6.58. The molecule has 0 unspecified atom stereocenters. The maximum atomic E-state index is 6.69. The first-order chi connectivity index (χ1) is 19.9. The predicted molar refractivity (Wildman–Crippen MR) is 167 cm³/mol. The van der Waals surface area contributed by atoms with E-state index in [4.69, 9.17) is 8.83 Å². The summed E-state index contributed by atoms with van der Waals surface area (Å²) in [4.78, 5) is 0. The quantitative estimate of drug-likeness (QED) is 0.216. The predicted octanol–water partition coefficient (Wildman–Crippen LogP) is 11.1. The lowest BCUT2D eigenvalue weighted by Crippen LogP contribution is -1.91. The first-order valence-corrected chi connectivity index (χ1v) is 13.6. The fraction of sp³-hybridized carbons (Fsp3) is 0. The van der Waals surface area contributed by atoms with Gasteiger partial charge in [-0.2, -0.15) is 0 Å². The molecule has 0 N–H and O–H groups in total. The summed E-state index contributed by atoms with van der Waals surface area (Å²) in [6, 6.07) is 47.1. The van der Waals surface area contributed by atoms with E-state index in [9.17, 15) is 0 Å². The fourth-order valence-electron chi connectivity index (χ4n) is 6.58. The molecule has 0 saturated carbocycles. The SMILES string of the molecule is c1ccc(-c2c3ccccc3c(-c3cc4c5ccccc5oc4c4c3oc3ccccc34)c3ccccc23)cc1. The lowest BCUT2D eigenvalue weighted by molar-refractivity contribution is 0.663. The second kappa shape index (κ2) is 8.08. The molecule has 2 nitrogen and oxygen atoms in total. The van der Waals surface area contributed by atoms with Crippen molar-refractivity contribution in [3.05, 3.63) is 133 Å². The molecule has 0 aliphatic carbocycles. The molecule has 0 atom stereocenters. The molecule has 2 aromatic heterocycles. The lowest BCUT2D eigenvalue weighted by Gasteiger charge is -2.18. The third-order valence-corrected chi connectivity index (χ3v) is 8.25. The zero-order valence-electron chi connectivity index (χ0n) is 21.5. The Balaban J connectivity index is 1.54. The van der Waals surface area contributed by atoms with Crippen molar-refractivity contribution in [3.8, 4) is 22.3 Å². The summed E-state index contributed by atoms with van der Waals surface area (Å²) >= 11 is 0. The van der Waals surface area contributed by atoms with Crippen molar-refractivity contribution in [3.63, 3.8) is 0 Å². The summed E-state index contributed by atoms with van der Waals surface area (Å²) < 4.78 is 13.2. The van der Waals surface area contributed by atoms with Gasteiger partial charge in [-0.3, -0.25) is 0 Å². The zero-order chi connectivity index (χ0) is 26.2. The number of hydrogen-bond acceptors (Lipinski definition) is 2. The third-order valence-electron chi connectivity index (χ3n) is 8.25. The van der Waals surface area contributed by atoms with Crippen LogP contribution < -0.4 is 0 Å². The van der Waals surface area contributed by atoms with Gasteiger partial charge in [0.15, 0.2) is 0 Å². The Bertz CT molecular complexity index is 2370. The van der Waals surface area contributed by atoms with E-state index in [0.717, 1.165) is 49.4 Å². The number of furan rings is 2. The Morgan fingerprint density at radius 1 is 0.350 bits per heavy atom. The van der Waals surface area contributed by atoms with E-state index in [2.05, 4.69) is 109 Å². The molecule has 0 aliphatic rings. The van der Waals surface area contributed by atoms with E-state index >= 15 is 0 Å². The number of hydrogen-bond donors (Lipinski definition) is 0. The highest BCUT2D eigenvalue weighted by Crippen LogP contribution is 2.49. The van der Waals surface area contributed by atoms with Crippen molar-refractivity contribution in [2.75, 3.05) is 0 Å². The third kappa shape index (κ3) is 2.88. The maximum Gasteiger partial charge on any atom is 0.147 e. The molecule has 0 bridgehead atoms. The van der Waals surface area contributed by atoms with Gasteiger partial charge in [-0.15, -0.1) is 0 Å². The molecular formula is C38H22O2. The van der Waals surface area contributed by atoms with Crippen LogP contribution in [0.3, 0.4) is 0 Å². The van der Waals surface area contributed by atoms with Gasteiger partial charge in [0.1, 0.15) is 22.3 Å². The van der Waals surface area contributed by atoms with E-state index < -0.39 is 0 Å². The molecule has 9 rings (SSSR count). The molecule has 0 fully saturated rings. The van der Waals surface area contributed by atoms with Crippen molar-refractivity contribution in [1.29, 1.82) is 0 Å².